The summed E-state index contributed by atoms with van der Waals surface area (Å²) in [5.41, 5.74) is 0.962. The van der Waals surface area contributed by atoms with E-state index in [2.05, 4.69) is 10.6 Å². The predicted molar refractivity (Wildman–Crippen MR) is 113 cm³/mol. The van der Waals surface area contributed by atoms with Gasteiger partial charge in [-0.15, -0.1) is 0 Å². The molecular weight excluding hydrogens is 384 g/mol. The molecule has 7 nitrogen and oxygen atoms in total. The van der Waals surface area contributed by atoms with E-state index in [1.807, 2.05) is 30.3 Å². The first kappa shape index (κ1) is 20.7. The zero-order valence-corrected chi connectivity index (χ0v) is 16.7. The van der Waals surface area contributed by atoms with Gasteiger partial charge in [0.25, 0.3) is 5.91 Å². The number of anilines is 1. The number of hydrogen-bond donors (Lipinski definition) is 2. The van der Waals surface area contributed by atoms with Crippen molar-refractivity contribution in [1.82, 2.24) is 5.32 Å². The van der Waals surface area contributed by atoms with Crippen molar-refractivity contribution in [2.45, 2.75) is 0 Å². The molecule has 0 saturated carbocycles. The lowest BCUT2D eigenvalue weighted by Gasteiger charge is -2.10. The maximum absolute atomic E-state index is 12.3. The molecule has 3 aromatic carbocycles. The van der Waals surface area contributed by atoms with E-state index < -0.39 is 5.91 Å². The van der Waals surface area contributed by atoms with Crippen molar-refractivity contribution >= 4 is 17.5 Å². The number of rotatable bonds is 8. The molecule has 0 heterocycles. The predicted octanol–water partition coefficient (Wildman–Crippen LogP) is 3.86. The molecule has 3 rings (SSSR count). The van der Waals surface area contributed by atoms with Gasteiger partial charge in [-0.3, -0.25) is 9.59 Å². The van der Waals surface area contributed by atoms with E-state index in [1.165, 1.54) is 14.2 Å². The fraction of sp³-hybridized carbons (Fsp3) is 0.130. The van der Waals surface area contributed by atoms with Crippen LogP contribution in [-0.4, -0.2) is 32.6 Å². The largest absolute Gasteiger partial charge is 0.493 e. The Hall–Kier alpha value is -4.00. The summed E-state index contributed by atoms with van der Waals surface area (Å²) < 4.78 is 16.0. The van der Waals surface area contributed by atoms with Gasteiger partial charge >= 0.3 is 0 Å². The molecule has 0 aliphatic carbocycles. The maximum Gasteiger partial charge on any atom is 0.251 e. The minimum atomic E-state index is -0.391. The molecule has 0 aromatic heterocycles. The van der Waals surface area contributed by atoms with Crippen molar-refractivity contribution in [2.75, 3.05) is 26.1 Å². The van der Waals surface area contributed by atoms with Crippen LogP contribution in [0.25, 0.3) is 0 Å². The number of carbonyl (C=O) groups excluding carboxylic acids is 2. The number of amides is 2. The third kappa shape index (κ3) is 5.51. The molecule has 2 amide bonds. The molecule has 2 N–H and O–H groups in total. The molecule has 0 aliphatic rings. The van der Waals surface area contributed by atoms with Crippen LogP contribution >= 0.6 is 0 Å². The lowest BCUT2D eigenvalue weighted by molar-refractivity contribution is -0.115. The molecule has 3 aromatic rings. The lowest BCUT2D eigenvalue weighted by Crippen LogP contribution is -2.32. The van der Waals surface area contributed by atoms with Crippen molar-refractivity contribution in [2.24, 2.45) is 0 Å². The quantitative estimate of drug-likeness (QED) is 0.593. The molecule has 0 unspecified atom stereocenters. The fourth-order valence-electron chi connectivity index (χ4n) is 2.68. The van der Waals surface area contributed by atoms with Gasteiger partial charge in [-0.25, -0.2) is 0 Å². The maximum atomic E-state index is 12.3. The van der Waals surface area contributed by atoms with Gasteiger partial charge in [-0.1, -0.05) is 18.2 Å². The second-order valence-electron chi connectivity index (χ2n) is 6.24. The van der Waals surface area contributed by atoms with Crippen LogP contribution in [0, 0.1) is 0 Å². The summed E-state index contributed by atoms with van der Waals surface area (Å²) in [5.74, 6) is 1.60. The third-order valence-corrected chi connectivity index (χ3v) is 4.17. The van der Waals surface area contributed by atoms with Crippen molar-refractivity contribution in [3.8, 4) is 23.0 Å². The minimum absolute atomic E-state index is 0.171. The van der Waals surface area contributed by atoms with Crippen LogP contribution in [0.5, 0.6) is 23.0 Å². The molecule has 0 atom stereocenters. The molecule has 0 fully saturated rings. The summed E-state index contributed by atoms with van der Waals surface area (Å²) >= 11 is 0. The van der Waals surface area contributed by atoms with Crippen LogP contribution < -0.4 is 24.8 Å². The Bertz CT molecular complexity index is 1000. The third-order valence-electron chi connectivity index (χ3n) is 4.17. The van der Waals surface area contributed by atoms with Crippen LogP contribution in [-0.2, 0) is 4.79 Å². The highest BCUT2D eigenvalue weighted by Crippen LogP contribution is 2.27. The molecule has 0 radical (unpaired) electrons. The van der Waals surface area contributed by atoms with Gasteiger partial charge in [0.15, 0.2) is 11.5 Å². The Morgan fingerprint density at radius 1 is 0.800 bits per heavy atom. The van der Waals surface area contributed by atoms with Gasteiger partial charge < -0.3 is 24.8 Å². The van der Waals surface area contributed by atoms with Crippen molar-refractivity contribution < 1.29 is 23.8 Å². The fourth-order valence-corrected chi connectivity index (χ4v) is 2.68. The highest BCUT2D eigenvalue weighted by atomic mass is 16.5. The van der Waals surface area contributed by atoms with Gasteiger partial charge in [0.05, 0.1) is 20.8 Å². The molecule has 7 heteroatoms. The second-order valence-corrected chi connectivity index (χ2v) is 6.24. The summed E-state index contributed by atoms with van der Waals surface area (Å²) in [5, 5.41) is 5.31. The van der Waals surface area contributed by atoms with E-state index in [0.717, 1.165) is 5.75 Å². The van der Waals surface area contributed by atoms with E-state index in [4.69, 9.17) is 14.2 Å². The van der Waals surface area contributed by atoms with Crippen LogP contribution in [0.15, 0.2) is 72.8 Å². The van der Waals surface area contributed by atoms with E-state index in [0.29, 0.717) is 28.5 Å². The summed E-state index contributed by atoms with van der Waals surface area (Å²) in [4.78, 5) is 24.4. The number of ether oxygens (including phenoxy) is 3. The van der Waals surface area contributed by atoms with E-state index in [9.17, 15) is 9.59 Å². The van der Waals surface area contributed by atoms with Gasteiger partial charge in [0.1, 0.15) is 11.5 Å². The van der Waals surface area contributed by atoms with E-state index >= 15 is 0 Å². The number of hydrogen-bond acceptors (Lipinski definition) is 5. The topological polar surface area (TPSA) is 85.9 Å². The number of methoxy groups -OCH3 is 2. The molecule has 30 heavy (non-hydrogen) atoms. The minimum Gasteiger partial charge on any atom is -0.493 e. The highest BCUT2D eigenvalue weighted by molar-refractivity contribution is 5.99. The average molecular weight is 406 g/mol. The van der Waals surface area contributed by atoms with Gasteiger partial charge in [0.2, 0.25) is 5.91 Å². The van der Waals surface area contributed by atoms with E-state index in [1.54, 1.807) is 42.5 Å². The Morgan fingerprint density at radius 3 is 2.13 bits per heavy atom. The number of benzene rings is 3. The van der Waals surface area contributed by atoms with Crippen LogP contribution in [0.1, 0.15) is 10.4 Å². The van der Waals surface area contributed by atoms with Crippen LogP contribution in [0.4, 0.5) is 5.69 Å². The summed E-state index contributed by atoms with van der Waals surface area (Å²) in [6, 6.07) is 21.2. The molecule has 0 bridgehead atoms. The van der Waals surface area contributed by atoms with Crippen molar-refractivity contribution in [3.63, 3.8) is 0 Å². The first-order chi connectivity index (χ1) is 14.6. The first-order valence-electron chi connectivity index (χ1n) is 9.22. The second kappa shape index (κ2) is 9.97. The average Bonchev–Trinajstić information content (AvgIpc) is 2.79. The summed E-state index contributed by atoms with van der Waals surface area (Å²) in [6.07, 6.45) is 0. The smallest absolute Gasteiger partial charge is 0.251 e. The molecule has 0 aliphatic heterocycles. The van der Waals surface area contributed by atoms with E-state index in [-0.39, 0.29) is 12.5 Å². The molecular formula is C23H22N2O5. The summed E-state index contributed by atoms with van der Waals surface area (Å²) in [6.45, 7) is -0.171. The normalized spacial score (nSPS) is 10.1. The van der Waals surface area contributed by atoms with Gasteiger partial charge in [-0.2, -0.15) is 0 Å². The molecule has 154 valence electrons. The number of nitrogens with one attached hydrogen (secondary N) is 2. The SMILES string of the molecule is COc1ccc(C(=O)NCC(=O)Nc2ccc(Oc3ccccc3)cc2)cc1OC. The zero-order chi connectivity index (χ0) is 21.3. The zero-order valence-electron chi connectivity index (χ0n) is 16.7. The number of carbonyl (C=O) groups is 2. The Labute approximate surface area is 174 Å². The molecule has 0 saturated heterocycles. The van der Waals surface area contributed by atoms with Gasteiger partial charge in [0, 0.05) is 11.3 Å². The Balaban J connectivity index is 1.51. The monoisotopic (exact) mass is 406 g/mol. The van der Waals surface area contributed by atoms with Crippen molar-refractivity contribution in [1.29, 1.82) is 0 Å². The lowest BCUT2D eigenvalue weighted by atomic mass is 10.2. The van der Waals surface area contributed by atoms with Crippen molar-refractivity contribution in [3.05, 3.63) is 78.4 Å². The molecule has 0 spiro atoms. The Morgan fingerprint density at radius 2 is 1.47 bits per heavy atom. The van der Waals surface area contributed by atoms with Crippen LogP contribution in [0.2, 0.25) is 0 Å². The van der Waals surface area contributed by atoms with Crippen LogP contribution in [0.3, 0.4) is 0 Å². The Kier molecular flexibility index (Phi) is 6.89. The summed E-state index contributed by atoms with van der Waals surface area (Å²) in [7, 11) is 3.01. The number of para-hydroxylation sites is 1. The highest BCUT2D eigenvalue weighted by Gasteiger charge is 2.12. The van der Waals surface area contributed by atoms with Gasteiger partial charge in [-0.05, 0) is 54.6 Å². The first-order valence-corrected chi connectivity index (χ1v) is 9.22. The standard InChI is InChI=1S/C23H22N2O5/c1-28-20-13-8-16(14-21(20)29-2)23(27)24-15-22(26)25-17-9-11-19(12-10-17)30-18-6-4-3-5-7-18/h3-14H,15H2,1-2H3,(H,24,27)(H,25,26).